The molecule has 1 unspecified atom stereocenters. The first-order valence-electron chi connectivity index (χ1n) is 5.40. The maximum Gasteiger partial charge on any atom is 0.326 e. The predicted octanol–water partition coefficient (Wildman–Crippen LogP) is 1.46. The lowest BCUT2D eigenvalue weighted by molar-refractivity contribution is -0.139. The second-order valence-electron chi connectivity index (χ2n) is 3.89. The zero-order valence-corrected chi connectivity index (χ0v) is 10.0. The number of carboxylic acid groups (broad SMARTS) is 1. The van der Waals surface area contributed by atoms with Gasteiger partial charge in [0.1, 0.15) is 11.8 Å². The molecule has 0 radical (unpaired) electrons. The molecule has 0 heterocycles. The van der Waals surface area contributed by atoms with Gasteiger partial charge in [-0.05, 0) is 31.0 Å². The Hall–Kier alpha value is -2.30. The highest BCUT2D eigenvalue weighted by atomic mass is 16.4. The van der Waals surface area contributed by atoms with Gasteiger partial charge in [0, 0.05) is 5.56 Å². The Morgan fingerprint density at radius 2 is 2.17 bits per heavy atom. The van der Waals surface area contributed by atoms with Crippen LogP contribution in [0.1, 0.15) is 22.3 Å². The number of phenols is 1. The Kier molecular flexibility index (Phi) is 4.48. The van der Waals surface area contributed by atoms with Gasteiger partial charge in [-0.15, -0.1) is 6.58 Å². The van der Waals surface area contributed by atoms with Crippen molar-refractivity contribution in [3.63, 3.8) is 0 Å². The Morgan fingerprint density at radius 3 is 2.67 bits per heavy atom. The van der Waals surface area contributed by atoms with Crippen molar-refractivity contribution < 1.29 is 19.8 Å². The topological polar surface area (TPSA) is 86.6 Å². The molecule has 5 nitrogen and oxygen atoms in total. The normalized spacial score (nSPS) is 11.6. The van der Waals surface area contributed by atoms with E-state index in [-0.39, 0.29) is 17.7 Å². The van der Waals surface area contributed by atoms with Crippen LogP contribution in [0.5, 0.6) is 5.75 Å². The number of hydrogen-bond acceptors (Lipinski definition) is 3. The molecule has 1 atom stereocenters. The van der Waals surface area contributed by atoms with Gasteiger partial charge in [0.25, 0.3) is 5.91 Å². The molecule has 0 aromatic heterocycles. The minimum atomic E-state index is -1.13. The molecule has 1 aromatic rings. The molecule has 0 spiro atoms. The molecule has 18 heavy (non-hydrogen) atoms. The summed E-state index contributed by atoms with van der Waals surface area (Å²) < 4.78 is 0. The van der Waals surface area contributed by atoms with Crippen LogP contribution in [-0.4, -0.2) is 28.1 Å². The first-order valence-corrected chi connectivity index (χ1v) is 5.40. The van der Waals surface area contributed by atoms with Gasteiger partial charge < -0.3 is 15.5 Å². The molecule has 0 aliphatic rings. The molecule has 0 fully saturated rings. The van der Waals surface area contributed by atoms with E-state index in [1.165, 1.54) is 18.2 Å². The van der Waals surface area contributed by atoms with E-state index >= 15 is 0 Å². The number of rotatable bonds is 5. The molecule has 0 aliphatic heterocycles. The molecule has 1 rings (SSSR count). The minimum absolute atomic E-state index is 0.00162. The Balaban J connectivity index is 2.83. The third-order valence-corrected chi connectivity index (χ3v) is 2.48. The van der Waals surface area contributed by atoms with E-state index in [0.29, 0.717) is 5.56 Å². The SMILES string of the molecule is C=CCC(NC(=O)c1ccc(C)c(O)c1)C(=O)O. The van der Waals surface area contributed by atoms with Crippen LogP contribution in [0, 0.1) is 6.92 Å². The first-order chi connectivity index (χ1) is 8.45. The molecule has 0 aliphatic carbocycles. The Morgan fingerprint density at radius 1 is 1.50 bits per heavy atom. The fourth-order valence-electron chi connectivity index (χ4n) is 1.38. The molecule has 1 amide bonds. The third kappa shape index (κ3) is 3.35. The summed E-state index contributed by atoms with van der Waals surface area (Å²) >= 11 is 0. The van der Waals surface area contributed by atoms with E-state index in [2.05, 4.69) is 11.9 Å². The quantitative estimate of drug-likeness (QED) is 0.689. The van der Waals surface area contributed by atoms with Gasteiger partial charge in [0.15, 0.2) is 0 Å². The van der Waals surface area contributed by atoms with Crippen LogP contribution >= 0.6 is 0 Å². The molecule has 0 saturated heterocycles. The Bertz CT molecular complexity index is 482. The van der Waals surface area contributed by atoms with Crippen molar-refractivity contribution in [2.75, 3.05) is 0 Å². The lowest BCUT2D eigenvalue weighted by Crippen LogP contribution is -2.40. The van der Waals surface area contributed by atoms with E-state index in [4.69, 9.17) is 5.11 Å². The van der Waals surface area contributed by atoms with Crippen LogP contribution in [0.25, 0.3) is 0 Å². The highest BCUT2D eigenvalue weighted by Gasteiger charge is 2.19. The van der Waals surface area contributed by atoms with Crippen LogP contribution in [0.3, 0.4) is 0 Å². The summed E-state index contributed by atoms with van der Waals surface area (Å²) in [6.07, 6.45) is 1.56. The number of carbonyl (C=O) groups excluding carboxylic acids is 1. The zero-order valence-electron chi connectivity index (χ0n) is 10.0. The van der Waals surface area contributed by atoms with Crippen molar-refractivity contribution >= 4 is 11.9 Å². The number of aryl methyl sites for hydroxylation is 1. The van der Waals surface area contributed by atoms with Crippen LogP contribution in [0.15, 0.2) is 30.9 Å². The summed E-state index contributed by atoms with van der Waals surface area (Å²) in [5, 5.41) is 20.7. The lowest BCUT2D eigenvalue weighted by Gasteiger charge is -2.12. The fraction of sp³-hybridized carbons (Fsp3) is 0.231. The Labute approximate surface area is 105 Å². The number of carboxylic acids is 1. The second-order valence-corrected chi connectivity index (χ2v) is 3.89. The van der Waals surface area contributed by atoms with Gasteiger partial charge >= 0.3 is 5.97 Å². The summed E-state index contributed by atoms with van der Waals surface area (Å²) in [5.41, 5.74) is 0.862. The van der Waals surface area contributed by atoms with Crippen molar-refractivity contribution in [3.8, 4) is 5.75 Å². The van der Waals surface area contributed by atoms with Gasteiger partial charge in [-0.1, -0.05) is 12.1 Å². The summed E-state index contributed by atoms with van der Waals surface area (Å²) in [5.74, 6) is -1.67. The summed E-state index contributed by atoms with van der Waals surface area (Å²) in [6, 6.07) is 3.40. The smallest absolute Gasteiger partial charge is 0.326 e. The fourth-order valence-corrected chi connectivity index (χ4v) is 1.38. The maximum atomic E-state index is 11.8. The number of aromatic hydroxyl groups is 1. The van der Waals surface area contributed by atoms with Gasteiger partial charge in [0.2, 0.25) is 0 Å². The molecule has 0 saturated carbocycles. The summed E-state index contributed by atoms with van der Waals surface area (Å²) in [4.78, 5) is 22.6. The number of hydrogen-bond donors (Lipinski definition) is 3. The number of phenolic OH excluding ortho intramolecular Hbond substituents is 1. The largest absolute Gasteiger partial charge is 0.508 e. The number of nitrogens with one attached hydrogen (secondary N) is 1. The van der Waals surface area contributed by atoms with E-state index in [1.807, 2.05) is 0 Å². The molecule has 1 aromatic carbocycles. The molecular weight excluding hydrogens is 234 g/mol. The van der Waals surface area contributed by atoms with Crippen molar-refractivity contribution in [1.29, 1.82) is 0 Å². The van der Waals surface area contributed by atoms with E-state index in [0.717, 1.165) is 0 Å². The van der Waals surface area contributed by atoms with Crippen LogP contribution in [0.2, 0.25) is 0 Å². The van der Waals surface area contributed by atoms with E-state index in [1.54, 1.807) is 13.0 Å². The van der Waals surface area contributed by atoms with E-state index < -0.39 is 17.9 Å². The standard InChI is InChI=1S/C13H15NO4/c1-3-4-10(13(17)18)14-12(16)9-6-5-8(2)11(15)7-9/h3,5-7,10,15H,1,4H2,2H3,(H,14,16)(H,17,18). The van der Waals surface area contributed by atoms with Gasteiger partial charge in [-0.2, -0.15) is 0 Å². The second kappa shape index (κ2) is 5.86. The monoisotopic (exact) mass is 249 g/mol. The minimum Gasteiger partial charge on any atom is -0.508 e. The highest BCUT2D eigenvalue weighted by molar-refractivity contribution is 5.97. The third-order valence-electron chi connectivity index (χ3n) is 2.48. The van der Waals surface area contributed by atoms with Crippen LogP contribution in [0.4, 0.5) is 0 Å². The van der Waals surface area contributed by atoms with Crippen LogP contribution < -0.4 is 5.32 Å². The number of carbonyl (C=O) groups is 2. The molecule has 0 bridgehead atoms. The van der Waals surface area contributed by atoms with Gasteiger partial charge in [-0.3, -0.25) is 4.79 Å². The highest BCUT2D eigenvalue weighted by Crippen LogP contribution is 2.17. The van der Waals surface area contributed by atoms with Crippen molar-refractivity contribution in [2.24, 2.45) is 0 Å². The number of aliphatic carboxylic acids is 1. The zero-order chi connectivity index (χ0) is 13.7. The summed E-state index contributed by atoms with van der Waals surface area (Å²) in [6.45, 7) is 5.14. The number of benzene rings is 1. The average molecular weight is 249 g/mol. The van der Waals surface area contributed by atoms with Gasteiger partial charge in [0.05, 0.1) is 0 Å². The summed E-state index contributed by atoms with van der Waals surface area (Å²) in [7, 11) is 0. The average Bonchev–Trinajstić information content (AvgIpc) is 2.31. The lowest BCUT2D eigenvalue weighted by atomic mass is 10.1. The van der Waals surface area contributed by atoms with Crippen molar-refractivity contribution in [1.82, 2.24) is 5.32 Å². The van der Waals surface area contributed by atoms with Crippen LogP contribution in [-0.2, 0) is 4.79 Å². The predicted molar refractivity (Wildman–Crippen MR) is 66.5 cm³/mol. The van der Waals surface area contributed by atoms with Gasteiger partial charge in [-0.25, -0.2) is 4.79 Å². The van der Waals surface area contributed by atoms with Crippen molar-refractivity contribution in [3.05, 3.63) is 42.0 Å². The molecular formula is C13H15NO4. The molecule has 3 N–H and O–H groups in total. The van der Waals surface area contributed by atoms with E-state index in [9.17, 15) is 14.7 Å². The molecule has 5 heteroatoms. The van der Waals surface area contributed by atoms with Crippen molar-refractivity contribution in [2.45, 2.75) is 19.4 Å². The molecule has 96 valence electrons. The number of amides is 1. The maximum absolute atomic E-state index is 11.8. The first kappa shape index (κ1) is 13.8.